The molecule has 1 heterocycles. The molecule has 0 saturated carbocycles. The van der Waals surface area contributed by atoms with Gasteiger partial charge in [0.05, 0.1) is 5.69 Å². The van der Waals surface area contributed by atoms with E-state index in [0.717, 1.165) is 9.13 Å². The van der Waals surface area contributed by atoms with Gasteiger partial charge >= 0.3 is 0 Å². The predicted octanol–water partition coefficient (Wildman–Crippen LogP) is 4.11. The first kappa shape index (κ1) is 17.2. The van der Waals surface area contributed by atoms with E-state index in [0.29, 0.717) is 11.4 Å². The molecule has 5 nitrogen and oxygen atoms in total. The molecule has 23 heavy (non-hydrogen) atoms. The number of benzene rings is 1. The van der Waals surface area contributed by atoms with Gasteiger partial charge < -0.3 is 10.6 Å². The third-order valence-corrected chi connectivity index (χ3v) is 3.91. The molecular weight excluding hydrogens is 427 g/mol. The highest BCUT2D eigenvalue weighted by molar-refractivity contribution is 14.1. The van der Waals surface area contributed by atoms with Crippen molar-refractivity contribution in [1.29, 1.82) is 5.26 Å². The predicted molar refractivity (Wildman–Crippen MR) is 99.1 cm³/mol. The minimum atomic E-state index is -0.496. The molecule has 1 aromatic carbocycles. The highest BCUT2D eigenvalue weighted by Crippen LogP contribution is 2.19. The number of carbonyl (C=O) groups is 1. The van der Waals surface area contributed by atoms with Crippen LogP contribution in [0.2, 0.25) is 5.15 Å². The lowest BCUT2D eigenvalue weighted by atomic mass is 10.2. The maximum atomic E-state index is 12.2. The number of halogens is 2. The average molecular weight is 439 g/mol. The molecule has 0 aliphatic rings. The Morgan fingerprint density at radius 1 is 1.39 bits per heavy atom. The van der Waals surface area contributed by atoms with Crippen LogP contribution in [-0.2, 0) is 4.79 Å². The summed E-state index contributed by atoms with van der Waals surface area (Å²) in [6.45, 7) is 1.89. The fraction of sp³-hybridized carbons (Fsp3) is 0.0625. The number of hydrogen-bond donors (Lipinski definition) is 2. The highest BCUT2D eigenvalue weighted by atomic mass is 127. The van der Waals surface area contributed by atoms with Crippen LogP contribution >= 0.6 is 34.2 Å². The second-order valence-corrected chi connectivity index (χ2v) is 6.17. The number of pyridine rings is 1. The van der Waals surface area contributed by atoms with E-state index in [4.69, 9.17) is 16.9 Å². The van der Waals surface area contributed by atoms with Crippen molar-refractivity contribution >= 4 is 51.5 Å². The highest BCUT2D eigenvalue weighted by Gasteiger charge is 2.11. The van der Waals surface area contributed by atoms with Crippen molar-refractivity contribution in [1.82, 2.24) is 4.98 Å². The molecule has 0 fully saturated rings. The molecule has 0 aliphatic carbocycles. The maximum Gasteiger partial charge on any atom is 0.267 e. The first-order valence-electron chi connectivity index (χ1n) is 6.56. The molecule has 7 heteroatoms. The van der Waals surface area contributed by atoms with Crippen molar-refractivity contribution < 1.29 is 4.79 Å². The summed E-state index contributed by atoms with van der Waals surface area (Å²) in [5.41, 5.74) is 2.03. The number of carbonyl (C=O) groups excluding carboxylic acids is 1. The van der Waals surface area contributed by atoms with Gasteiger partial charge in [-0.3, -0.25) is 4.79 Å². The standard InChI is InChI=1S/C16H12ClIN4O/c1-10-7-12(18)4-5-13(10)22-16(23)11(8-19)9-21-14-3-2-6-20-15(14)17/h2-7,9,21H,1H3,(H,22,23)/b11-9-. The number of amides is 1. The third-order valence-electron chi connectivity index (χ3n) is 2.93. The molecule has 116 valence electrons. The van der Waals surface area contributed by atoms with Gasteiger partial charge in [0.2, 0.25) is 0 Å². The van der Waals surface area contributed by atoms with E-state index in [1.54, 1.807) is 24.4 Å². The largest absolute Gasteiger partial charge is 0.358 e. The Morgan fingerprint density at radius 3 is 2.83 bits per heavy atom. The van der Waals surface area contributed by atoms with Crippen LogP contribution in [0.3, 0.4) is 0 Å². The Balaban J connectivity index is 2.14. The summed E-state index contributed by atoms with van der Waals surface area (Å²) in [7, 11) is 0. The lowest BCUT2D eigenvalue weighted by Crippen LogP contribution is -2.15. The SMILES string of the molecule is Cc1cc(I)ccc1NC(=O)/C(C#N)=C\Nc1cccnc1Cl. The minimum absolute atomic E-state index is 0.0668. The lowest BCUT2D eigenvalue weighted by molar-refractivity contribution is -0.112. The molecule has 1 aromatic heterocycles. The van der Waals surface area contributed by atoms with Gasteiger partial charge in [0.15, 0.2) is 5.15 Å². The Kier molecular flexibility index (Phi) is 5.96. The van der Waals surface area contributed by atoms with E-state index in [2.05, 4.69) is 38.2 Å². The maximum absolute atomic E-state index is 12.2. The summed E-state index contributed by atoms with van der Waals surface area (Å²) in [5, 5.41) is 15.0. The summed E-state index contributed by atoms with van der Waals surface area (Å²) in [6, 6.07) is 10.9. The first-order chi connectivity index (χ1) is 11.0. The van der Waals surface area contributed by atoms with Crippen molar-refractivity contribution in [2.45, 2.75) is 6.92 Å². The van der Waals surface area contributed by atoms with Gasteiger partial charge in [-0.2, -0.15) is 5.26 Å². The Bertz CT molecular complexity index is 814. The molecule has 2 aromatic rings. The molecule has 0 unspecified atom stereocenters. The topological polar surface area (TPSA) is 77.8 Å². The molecule has 0 radical (unpaired) electrons. The van der Waals surface area contributed by atoms with Gasteiger partial charge in [0, 0.05) is 21.7 Å². The zero-order valence-electron chi connectivity index (χ0n) is 12.1. The van der Waals surface area contributed by atoms with Crippen molar-refractivity contribution in [3.63, 3.8) is 0 Å². The Morgan fingerprint density at radius 2 is 2.17 bits per heavy atom. The summed E-state index contributed by atoms with van der Waals surface area (Å²) < 4.78 is 1.07. The molecule has 1 amide bonds. The van der Waals surface area contributed by atoms with Gasteiger partial charge in [0.1, 0.15) is 11.6 Å². The Hall–Kier alpha value is -2.11. The molecule has 2 rings (SSSR count). The van der Waals surface area contributed by atoms with Crippen LogP contribution in [-0.4, -0.2) is 10.9 Å². The monoisotopic (exact) mass is 438 g/mol. The molecular formula is C16H12ClIN4O. The second-order valence-electron chi connectivity index (χ2n) is 4.57. The van der Waals surface area contributed by atoms with E-state index < -0.39 is 5.91 Å². The van der Waals surface area contributed by atoms with Gasteiger partial charge in [-0.1, -0.05) is 11.6 Å². The number of aryl methyl sites for hydroxylation is 1. The molecule has 0 bridgehead atoms. The van der Waals surface area contributed by atoms with Crippen LogP contribution in [0.15, 0.2) is 48.3 Å². The van der Waals surface area contributed by atoms with E-state index in [9.17, 15) is 4.79 Å². The van der Waals surface area contributed by atoms with Crippen LogP contribution in [0, 0.1) is 21.8 Å². The molecule has 0 spiro atoms. The number of nitrogens with one attached hydrogen (secondary N) is 2. The van der Waals surface area contributed by atoms with Gasteiger partial charge in [-0.15, -0.1) is 0 Å². The van der Waals surface area contributed by atoms with Crippen LogP contribution < -0.4 is 10.6 Å². The smallest absolute Gasteiger partial charge is 0.267 e. The molecule has 0 aliphatic heterocycles. The number of nitrogens with zero attached hydrogens (tertiary/aromatic N) is 2. The van der Waals surface area contributed by atoms with E-state index in [1.165, 1.54) is 6.20 Å². The number of rotatable bonds is 4. The van der Waals surface area contributed by atoms with Crippen LogP contribution in [0.1, 0.15) is 5.56 Å². The fourth-order valence-electron chi connectivity index (χ4n) is 1.75. The van der Waals surface area contributed by atoms with Crippen LogP contribution in [0.5, 0.6) is 0 Å². The van der Waals surface area contributed by atoms with Crippen molar-refractivity contribution in [2.75, 3.05) is 10.6 Å². The van der Waals surface area contributed by atoms with E-state index >= 15 is 0 Å². The quantitative estimate of drug-likeness (QED) is 0.326. The van der Waals surface area contributed by atoms with Gasteiger partial charge in [0.25, 0.3) is 5.91 Å². The molecule has 2 N–H and O–H groups in total. The first-order valence-corrected chi connectivity index (χ1v) is 8.01. The number of anilines is 2. The second kappa shape index (κ2) is 7.94. The summed E-state index contributed by atoms with van der Waals surface area (Å²) >= 11 is 8.10. The average Bonchev–Trinajstić information content (AvgIpc) is 2.52. The normalized spacial score (nSPS) is 10.8. The molecule has 0 atom stereocenters. The van der Waals surface area contributed by atoms with E-state index in [1.807, 2.05) is 25.1 Å². The zero-order valence-corrected chi connectivity index (χ0v) is 15.0. The van der Waals surface area contributed by atoms with Gasteiger partial charge in [-0.05, 0) is 65.4 Å². The summed E-state index contributed by atoms with van der Waals surface area (Å²) in [4.78, 5) is 16.1. The van der Waals surface area contributed by atoms with Crippen LogP contribution in [0.4, 0.5) is 11.4 Å². The molecule has 0 saturated heterocycles. The van der Waals surface area contributed by atoms with Crippen molar-refractivity contribution in [3.8, 4) is 6.07 Å². The fourth-order valence-corrected chi connectivity index (χ4v) is 2.57. The Labute approximate surface area is 152 Å². The summed E-state index contributed by atoms with van der Waals surface area (Å²) in [5.74, 6) is -0.496. The van der Waals surface area contributed by atoms with Crippen molar-refractivity contribution in [3.05, 3.63) is 62.6 Å². The third kappa shape index (κ3) is 4.68. The van der Waals surface area contributed by atoms with Crippen molar-refractivity contribution in [2.24, 2.45) is 0 Å². The number of hydrogen-bond acceptors (Lipinski definition) is 4. The zero-order chi connectivity index (χ0) is 16.8. The van der Waals surface area contributed by atoms with E-state index in [-0.39, 0.29) is 10.7 Å². The number of aromatic nitrogens is 1. The summed E-state index contributed by atoms with van der Waals surface area (Å²) in [6.07, 6.45) is 2.86. The van der Waals surface area contributed by atoms with Gasteiger partial charge in [-0.25, -0.2) is 4.98 Å². The van der Waals surface area contributed by atoms with Crippen LogP contribution in [0.25, 0.3) is 0 Å². The number of nitriles is 1. The minimum Gasteiger partial charge on any atom is -0.358 e. The lowest BCUT2D eigenvalue weighted by Gasteiger charge is -2.08.